The molecule has 3 rings (SSSR count). The molecule has 1 heterocycles. The van der Waals surface area contributed by atoms with Crippen LogP contribution in [-0.4, -0.2) is 10.5 Å². The number of rotatable bonds is 4. The Morgan fingerprint density at radius 1 is 1.32 bits per heavy atom. The first kappa shape index (κ1) is 17.3. The molecule has 0 aliphatic rings. The minimum Gasteiger partial charge on any atom is -0.312 e. The molecule has 2 aromatic carbocycles. The van der Waals surface area contributed by atoms with Gasteiger partial charge in [-0.15, -0.1) is 6.58 Å². The zero-order valence-corrected chi connectivity index (χ0v) is 15.0. The van der Waals surface area contributed by atoms with Crippen LogP contribution in [0.15, 0.2) is 60.1 Å². The molecule has 3 aromatic rings. The Morgan fingerprint density at radius 2 is 2.08 bits per heavy atom. The van der Waals surface area contributed by atoms with Crippen LogP contribution in [-0.2, 0) is 6.54 Å². The van der Waals surface area contributed by atoms with Crippen LogP contribution >= 0.6 is 11.3 Å². The van der Waals surface area contributed by atoms with Crippen LogP contribution < -0.4 is 4.80 Å². The van der Waals surface area contributed by atoms with Gasteiger partial charge in [-0.3, -0.25) is 4.79 Å². The smallest absolute Gasteiger partial charge is 0.282 e. The molecule has 0 spiro atoms. The average molecular weight is 354 g/mol. The lowest BCUT2D eigenvalue weighted by atomic mass is 10.0. The monoisotopic (exact) mass is 354 g/mol. The number of hydrogen-bond acceptors (Lipinski definition) is 2. The summed E-state index contributed by atoms with van der Waals surface area (Å²) in [6.45, 7) is 8.59. The van der Waals surface area contributed by atoms with Gasteiger partial charge in [0.15, 0.2) is 4.80 Å². The molecule has 5 heteroatoms. The summed E-state index contributed by atoms with van der Waals surface area (Å²) in [5.41, 5.74) is 2.20. The molecule has 0 saturated carbocycles. The fourth-order valence-corrected chi connectivity index (χ4v) is 3.71. The first-order valence-electron chi connectivity index (χ1n) is 8.09. The SMILES string of the molecule is C=CCn1c(=NC(=O)c2ccccc2F)sc2cc(C(C)C)ccc21. The van der Waals surface area contributed by atoms with Crippen LogP contribution in [0.4, 0.5) is 4.39 Å². The fourth-order valence-electron chi connectivity index (χ4n) is 2.62. The Kier molecular flexibility index (Phi) is 4.95. The zero-order chi connectivity index (χ0) is 18.0. The summed E-state index contributed by atoms with van der Waals surface area (Å²) in [6.07, 6.45) is 1.76. The van der Waals surface area contributed by atoms with Crippen molar-refractivity contribution in [3.05, 3.63) is 76.9 Å². The Balaban J connectivity index is 2.17. The predicted octanol–water partition coefficient (Wildman–Crippen LogP) is 4.89. The summed E-state index contributed by atoms with van der Waals surface area (Å²) in [6, 6.07) is 12.1. The lowest BCUT2D eigenvalue weighted by Gasteiger charge is -2.05. The van der Waals surface area contributed by atoms with Crippen molar-refractivity contribution in [2.75, 3.05) is 0 Å². The second-order valence-electron chi connectivity index (χ2n) is 6.06. The van der Waals surface area contributed by atoms with Gasteiger partial charge in [0.1, 0.15) is 5.82 Å². The van der Waals surface area contributed by atoms with Gasteiger partial charge in [0.05, 0.1) is 15.8 Å². The number of fused-ring (bicyclic) bond motifs is 1. The third-order valence-corrected chi connectivity index (χ3v) is 5.03. The van der Waals surface area contributed by atoms with E-state index in [1.165, 1.54) is 29.0 Å². The minimum atomic E-state index is -0.577. The maximum Gasteiger partial charge on any atom is 0.282 e. The van der Waals surface area contributed by atoms with Crippen molar-refractivity contribution in [3.63, 3.8) is 0 Å². The molecular formula is C20H19FN2OS. The van der Waals surface area contributed by atoms with Gasteiger partial charge in [-0.1, -0.05) is 49.5 Å². The van der Waals surface area contributed by atoms with E-state index in [1.54, 1.807) is 18.2 Å². The van der Waals surface area contributed by atoms with Crippen molar-refractivity contribution >= 4 is 27.5 Å². The lowest BCUT2D eigenvalue weighted by molar-refractivity contribution is 0.0994. The summed E-state index contributed by atoms with van der Waals surface area (Å²) >= 11 is 1.43. The molecule has 128 valence electrons. The summed E-state index contributed by atoms with van der Waals surface area (Å²) in [4.78, 5) is 17.1. The number of carbonyl (C=O) groups is 1. The maximum absolute atomic E-state index is 13.8. The molecule has 0 bridgehead atoms. The molecule has 0 fully saturated rings. The van der Waals surface area contributed by atoms with Gasteiger partial charge in [0.25, 0.3) is 5.91 Å². The highest BCUT2D eigenvalue weighted by atomic mass is 32.1. The minimum absolute atomic E-state index is 0.0204. The van der Waals surface area contributed by atoms with E-state index in [-0.39, 0.29) is 5.56 Å². The van der Waals surface area contributed by atoms with Gasteiger partial charge in [-0.05, 0) is 35.7 Å². The van der Waals surface area contributed by atoms with Gasteiger partial charge in [0, 0.05) is 6.54 Å². The number of aromatic nitrogens is 1. The van der Waals surface area contributed by atoms with Crippen molar-refractivity contribution in [2.45, 2.75) is 26.3 Å². The molecule has 3 nitrogen and oxygen atoms in total. The number of halogens is 1. The number of thiazole rings is 1. The van der Waals surface area contributed by atoms with E-state index in [0.29, 0.717) is 17.3 Å². The Morgan fingerprint density at radius 3 is 2.76 bits per heavy atom. The lowest BCUT2D eigenvalue weighted by Crippen LogP contribution is -2.16. The summed E-state index contributed by atoms with van der Waals surface area (Å²) < 4.78 is 16.8. The molecule has 0 unspecified atom stereocenters. The van der Waals surface area contributed by atoms with E-state index in [2.05, 4.69) is 37.6 Å². The maximum atomic E-state index is 13.8. The Bertz CT molecular complexity index is 1010. The van der Waals surface area contributed by atoms with Gasteiger partial charge < -0.3 is 4.57 Å². The van der Waals surface area contributed by atoms with Crippen LogP contribution in [0, 0.1) is 5.82 Å². The number of carbonyl (C=O) groups excluding carboxylic acids is 1. The molecule has 0 N–H and O–H groups in total. The summed E-state index contributed by atoms with van der Waals surface area (Å²) in [5.74, 6) is -0.721. The molecule has 0 atom stereocenters. The zero-order valence-electron chi connectivity index (χ0n) is 14.2. The van der Waals surface area contributed by atoms with E-state index < -0.39 is 11.7 Å². The molecule has 1 amide bonds. The van der Waals surface area contributed by atoms with Crippen LogP contribution in [0.2, 0.25) is 0 Å². The largest absolute Gasteiger partial charge is 0.312 e. The third-order valence-electron chi connectivity index (χ3n) is 3.99. The highest BCUT2D eigenvalue weighted by Crippen LogP contribution is 2.23. The molecule has 0 saturated heterocycles. The van der Waals surface area contributed by atoms with Gasteiger partial charge in [0.2, 0.25) is 0 Å². The molecular weight excluding hydrogens is 335 g/mol. The van der Waals surface area contributed by atoms with E-state index in [9.17, 15) is 9.18 Å². The van der Waals surface area contributed by atoms with Crippen LogP contribution in [0.3, 0.4) is 0 Å². The molecule has 1 aromatic heterocycles. The first-order valence-corrected chi connectivity index (χ1v) is 8.90. The predicted molar refractivity (Wildman–Crippen MR) is 100 cm³/mol. The third kappa shape index (κ3) is 3.46. The number of allylic oxidation sites excluding steroid dienone is 1. The Hall–Kier alpha value is -2.53. The molecule has 0 aliphatic heterocycles. The van der Waals surface area contributed by atoms with E-state index in [1.807, 2.05) is 10.6 Å². The van der Waals surface area contributed by atoms with Crippen molar-refractivity contribution in [2.24, 2.45) is 4.99 Å². The number of benzene rings is 2. The van der Waals surface area contributed by atoms with E-state index in [4.69, 9.17) is 0 Å². The van der Waals surface area contributed by atoms with E-state index in [0.717, 1.165) is 10.2 Å². The highest BCUT2D eigenvalue weighted by Gasteiger charge is 2.12. The van der Waals surface area contributed by atoms with Crippen LogP contribution in [0.1, 0.15) is 35.7 Å². The van der Waals surface area contributed by atoms with Gasteiger partial charge >= 0.3 is 0 Å². The van der Waals surface area contributed by atoms with Gasteiger partial charge in [-0.25, -0.2) is 4.39 Å². The number of hydrogen-bond donors (Lipinski definition) is 0. The Labute approximate surface area is 149 Å². The normalized spacial score (nSPS) is 12.1. The standard InChI is InChI=1S/C20H19FN2OS/c1-4-11-23-17-10-9-14(13(2)3)12-18(17)25-20(23)22-19(24)15-7-5-6-8-16(15)21/h4-10,12-13H,1,11H2,2-3H3. The highest BCUT2D eigenvalue weighted by molar-refractivity contribution is 7.16. The summed E-state index contributed by atoms with van der Waals surface area (Å²) in [7, 11) is 0. The van der Waals surface area contributed by atoms with Gasteiger partial charge in [-0.2, -0.15) is 4.99 Å². The van der Waals surface area contributed by atoms with E-state index >= 15 is 0 Å². The average Bonchev–Trinajstić information content (AvgIpc) is 2.92. The van der Waals surface area contributed by atoms with Crippen molar-refractivity contribution < 1.29 is 9.18 Å². The quantitative estimate of drug-likeness (QED) is 0.614. The second kappa shape index (κ2) is 7.15. The fraction of sp³-hybridized carbons (Fsp3) is 0.200. The van der Waals surface area contributed by atoms with Crippen molar-refractivity contribution in [3.8, 4) is 0 Å². The van der Waals surface area contributed by atoms with Crippen LogP contribution in [0.5, 0.6) is 0 Å². The second-order valence-corrected chi connectivity index (χ2v) is 7.07. The van der Waals surface area contributed by atoms with Crippen molar-refractivity contribution in [1.29, 1.82) is 0 Å². The topological polar surface area (TPSA) is 34.4 Å². The summed E-state index contributed by atoms with van der Waals surface area (Å²) in [5, 5.41) is 0. The first-order chi connectivity index (χ1) is 12.0. The molecule has 0 radical (unpaired) electrons. The van der Waals surface area contributed by atoms with Crippen molar-refractivity contribution in [1.82, 2.24) is 4.57 Å². The molecule has 0 aliphatic carbocycles. The molecule has 25 heavy (non-hydrogen) atoms. The van der Waals surface area contributed by atoms with Crippen LogP contribution in [0.25, 0.3) is 10.2 Å². The number of amides is 1. The number of nitrogens with zero attached hydrogens (tertiary/aromatic N) is 2.